The smallest absolute Gasteiger partial charge is 0.383 e. The second-order valence-corrected chi connectivity index (χ2v) is 5.44. The molecule has 3 nitrogen and oxygen atoms in total. The summed E-state index contributed by atoms with van der Waals surface area (Å²) in [5.41, 5.74) is 4.94. The van der Waals surface area contributed by atoms with Gasteiger partial charge in [0.05, 0.1) is 11.3 Å². The van der Waals surface area contributed by atoms with Crippen LogP contribution < -0.4 is 5.73 Å². The Labute approximate surface area is 139 Å². The Balaban J connectivity index is 2.23. The minimum absolute atomic E-state index is 0.126. The number of hydrogen-bond acceptors (Lipinski definition) is 2. The Morgan fingerprint density at radius 2 is 1.54 bits per heavy atom. The fourth-order valence-corrected chi connectivity index (χ4v) is 2.44. The quantitative estimate of drug-likeness (QED) is 0.662. The van der Waals surface area contributed by atoms with Gasteiger partial charge in [0, 0.05) is 5.02 Å². The van der Waals surface area contributed by atoms with Crippen molar-refractivity contribution in [2.75, 3.05) is 5.73 Å². The van der Waals surface area contributed by atoms with Gasteiger partial charge in [-0.05, 0) is 42.0 Å². The Hall–Kier alpha value is -2.54. The van der Waals surface area contributed by atoms with Crippen molar-refractivity contribution in [3.63, 3.8) is 0 Å². The molecule has 2 N–H and O–H groups in total. The van der Waals surface area contributed by atoms with E-state index < -0.39 is 17.7 Å². The average molecular weight is 356 g/mol. The summed E-state index contributed by atoms with van der Waals surface area (Å²) in [6, 6.07) is 10.6. The minimum atomic E-state index is -4.71. The van der Waals surface area contributed by atoms with Crippen LogP contribution in [0.5, 0.6) is 0 Å². The van der Waals surface area contributed by atoms with Crippen molar-refractivity contribution in [3.05, 3.63) is 65.1 Å². The summed E-state index contributed by atoms with van der Waals surface area (Å²) in [5.74, 6) is -0.757. The van der Waals surface area contributed by atoms with E-state index in [4.69, 9.17) is 17.3 Å². The number of halogens is 5. The summed E-state index contributed by atoms with van der Waals surface area (Å²) >= 11 is 5.78. The molecule has 0 spiro atoms. The largest absolute Gasteiger partial charge is 0.435 e. The lowest BCUT2D eigenvalue weighted by molar-refractivity contribution is -0.140. The molecule has 3 rings (SSSR count). The molecule has 0 aliphatic carbocycles. The van der Waals surface area contributed by atoms with Gasteiger partial charge in [0.25, 0.3) is 0 Å². The molecule has 0 amide bonds. The van der Waals surface area contributed by atoms with Crippen molar-refractivity contribution < 1.29 is 17.6 Å². The van der Waals surface area contributed by atoms with E-state index in [2.05, 4.69) is 5.10 Å². The lowest BCUT2D eigenvalue weighted by Crippen LogP contribution is -2.08. The second kappa shape index (κ2) is 5.83. The van der Waals surface area contributed by atoms with E-state index >= 15 is 0 Å². The minimum Gasteiger partial charge on any atom is -0.383 e. The van der Waals surface area contributed by atoms with Crippen molar-refractivity contribution >= 4 is 17.4 Å². The number of hydrogen-bond donors (Lipinski definition) is 1. The summed E-state index contributed by atoms with van der Waals surface area (Å²) in [7, 11) is 0. The number of nitrogens with zero attached hydrogens (tertiary/aromatic N) is 2. The van der Waals surface area contributed by atoms with Crippen molar-refractivity contribution in [1.82, 2.24) is 9.78 Å². The Morgan fingerprint density at radius 3 is 2.08 bits per heavy atom. The van der Waals surface area contributed by atoms with Crippen LogP contribution in [-0.2, 0) is 6.18 Å². The molecular formula is C16H10ClF4N3. The maximum atomic E-state index is 13.4. The number of nitrogen functional groups attached to an aromatic ring is 1. The molecule has 0 radical (unpaired) electrons. The van der Waals surface area contributed by atoms with Crippen LogP contribution in [0.2, 0.25) is 5.02 Å². The van der Waals surface area contributed by atoms with Crippen LogP contribution in [0, 0.1) is 5.82 Å². The summed E-state index contributed by atoms with van der Waals surface area (Å²) in [5, 5.41) is 4.04. The number of aromatic nitrogens is 2. The van der Waals surface area contributed by atoms with Crippen LogP contribution in [0.15, 0.2) is 48.5 Å². The summed E-state index contributed by atoms with van der Waals surface area (Å²) < 4.78 is 54.1. The number of nitrogens with two attached hydrogens (primary N) is 1. The van der Waals surface area contributed by atoms with E-state index in [1.165, 1.54) is 36.4 Å². The predicted octanol–water partition coefficient (Wildman–Crippen LogP) is 4.93. The predicted molar refractivity (Wildman–Crippen MR) is 83.4 cm³/mol. The fraction of sp³-hybridized carbons (Fsp3) is 0.0625. The molecule has 0 aliphatic rings. The highest BCUT2D eigenvalue weighted by atomic mass is 35.5. The topological polar surface area (TPSA) is 43.8 Å². The van der Waals surface area contributed by atoms with Crippen LogP contribution in [0.3, 0.4) is 0 Å². The van der Waals surface area contributed by atoms with Gasteiger partial charge >= 0.3 is 6.18 Å². The summed E-state index contributed by atoms with van der Waals surface area (Å²) in [4.78, 5) is 0. The van der Waals surface area contributed by atoms with E-state index in [1.807, 2.05) is 0 Å². The van der Waals surface area contributed by atoms with Gasteiger partial charge in [0.1, 0.15) is 11.6 Å². The lowest BCUT2D eigenvalue weighted by Gasteiger charge is -2.07. The zero-order chi connectivity index (χ0) is 17.5. The van der Waals surface area contributed by atoms with Crippen LogP contribution >= 0.6 is 11.6 Å². The molecule has 2 aromatic carbocycles. The van der Waals surface area contributed by atoms with Crippen LogP contribution in [0.1, 0.15) is 5.69 Å². The zero-order valence-electron chi connectivity index (χ0n) is 12.0. The molecule has 0 unspecified atom stereocenters. The molecule has 1 heterocycles. The number of anilines is 1. The highest BCUT2D eigenvalue weighted by Crippen LogP contribution is 2.40. The molecule has 0 fully saturated rings. The molecule has 0 saturated heterocycles. The van der Waals surface area contributed by atoms with Gasteiger partial charge < -0.3 is 5.73 Å². The number of rotatable bonds is 2. The standard InChI is InChI=1S/C16H10ClF4N3/c17-10-3-7-12(8-4-10)24-15(22)13(14(23-24)16(19,20)21)9-1-5-11(18)6-2-9/h1-8H,22H2. The highest BCUT2D eigenvalue weighted by molar-refractivity contribution is 6.30. The summed E-state index contributed by atoms with van der Waals surface area (Å²) in [6.07, 6.45) is -4.71. The van der Waals surface area contributed by atoms with E-state index in [-0.39, 0.29) is 16.9 Å². The molecule has 1 aromatic heterocycles. The zero-order valence-corrected chi connectivity index (χ0v) is 12.7. The first-order valence-corrected chi connectivity index (χ1v) is 7.13. The average Bonchev–Trinajstić information content (AvgIpc) is 2.87. The van der Waals surface area contributed by atoms with Gasteiger partial charge in [-0.15, -0.1) is 0 Å². The molecule has 3 aromatic rings. The van der Waals surface area contributed by atoms with E-state index in [0.717, 1.165) is 16.8 Å². The van der Waals surface area contributed by atoms with Gasteiger partial charge in [-0.1, -0.05) is 23.7 Å². The molecular weight excluding hydrogens is 346 g/mol. The van der Waals surface area contributed by atoms with E-state index in [9.17, 15) is 17.6 Å². The van der Waals surface area contributed by atoms with Crippen molar-refractivity contribution in [2.45, 2.75) is 6.18 Å². The highest BCUT2D eigenvalue weighted by Gasteiger charge is 2.39. The Bertz CT molecular complexity index is 868. The molecule has 124 valence electrons. The first-order valence-electron chi connectivity index (χ1n) is 6.75. The third-order valence-corrected chi connectivity index (χ3v) is 3.65. The second-order valence-electron chi connectivity index (χ2n) is 5.00. The Kier molecular flexibility index (Phi) is 3.96. The van der Waals surface area contributed by atoms with Gasteiger partial charge in [-0.25, -0.2) is 9.07 Å². The monoisotopic (exact) mass is 355 g/mol. The SMILES string of the molecule is Nc1c(-c2ccc(F)cc2)c(C(F)(F)F)nn1-c1ccc(Cl)cc1. The first-order chi connectivity index (χ1) is 11.3. The molecule has 8 heteroatoms. The van der Waals surface area contributed by atoms with E-state index in [1.54, 1.807) is 0 Å². The molecule has 0 aliphatic heterocycles. The van der Waals surface area contributed by atoms with Gasteiger partial charge in [0.2, 0.25) is 0 Å². The van der Waals surface area contributed by atoms with Crippen LogP contribution in [0.4, 0.5) is 23.4 Å². The van der Waals surface area contributed by atoms with Crippen LogP contribution in [0.25, 0.3) is 16.8 Å². The van der Waals surface area contributed by atoms with Gasteiger partial charge in [-0.3, -0.25) is 0 Å². The molecule has 24 heavy (non-hydrogen) atoms. The normalized spacial score (nSPS) is 11.7. The maximum Gasteiger partial charge on any atom is 0.435 e. The molecule has 0 saturated carbocycles. The number of alkyl halides is 3. The van der Waals surface area contributed by atoms with Crippen molar-refractivity contribution in [3.8, 4) is 16.8 Å². The molecule has 0 bridgehead atoms. The van der Waals surface area contributed by atoms with Crippen molar-refractivity contribution in [2.24, 2.45) is 0 Å². The third kappa shape index (κ3) is 2.94. The van der Waals surface area contributed by atoms with Gasteiger partial charge in [-0.2, -0.15) is 18.3 Å². The number of benzene rings is 2. The van der Waals surface area contributed by atoms with Crippen LogP contribution in [-0.4, -0.2) is 9.78 Å². The summed E-state index contributed by atoms with van der Waals surface area (Å²) in [6.45, 7) is 0. The van der Waals surface area contributed by atoms with Gasteiger partial charge in [0.15, 0.2) is 5.69 Å². The lowest BCUT2D eigenvalue weighted by atomic mass is 10.1. The third-order valence-electron chi connectivity index (χ3n) is 3.39. The van der Waals surface area contributed by atoms with E-state index in [0.29, 0.717) is 10.7 Å². The maximum absolute atomic E-state index is 13.4. The molecule has 0 atom stereocenters. The first kappa shape index (κ1) is 16.3. The fourth-order valence-electron chi connectivity index (χ4n) is 2.31. The van der Waals surface area contributed by atoms with Crippen molar-refractivity contribution in [1.29, 1.82) is 0 Å². The Morgan fingerprint density at radius 1 is 0.958 bits per heavy atom.